The van der Waals surface area contributed by atoms with Crippen LogP contribution in [0.1, 0.15) is 27.0 Å². The lowest BCUT2D eigenvalue weighted by Crippen LogP contribution is -1.98. The van der Waals surface area contributed by atoms with Crippen LogP contribution in [0.25, 0.3) is 6.08 Å². The summed E-state index contributed by atoms with van der Waals surface area (Å²) in [5, 5.41) is 0. The number of carbonyl (C=O) groups is 1. The molecule has 3 nitrogen and oxygen atoms in total. The first kappa shape index (κ1) is 16.2. The van der Waals surface area contributed by atoms with Crippen LogP contribution in [0, 0.1) is 6.92 Å². The molecule has 1 heterocycles. The number of aryl methyl sites for hydroxylation is 1. The third-order valence-electron chi connectivity index (χ3n) is 4.36. The van der Waals surface area contributed by atoms with Gasteiger partial charge in [0.2, 0.25) is 5.78 Å². The highest BCUT2D eigenvalue weighted by Crippen LogP contribution is 2.35. The summed E-state index contributed by atoms with van der Waals surface area (Å²) in [4.78, 5) is 12.6. The quantitative estimate of drug-likeness (QED) is 0.612. The van der Waals surface area contributed by atoms with Gasteiger partial charge in [-0.05, 0) is 41.8 Å². The Morgan fingerprint density at radius 3 is 2.54 bits per heavy atom. The Morgan fingerprint density at radius 2 is 1.73 bits per heavy atom. The SMILES string of the molecule is Cc1ccccc1C=C1Oc2cc(OCc3ccccc3)ccc2C1=O. The van der Waals surface area contributed by atoms with E-state index in [9.17, 15) is 4.79 Å². The van der Waals surface area contributed by atoms with Gasteiger partial charge in [-0.15, -0.1) is 0 Å². The van der Waals surface area contributed by atoms with Gasteiger partial charge in [0.25, 0.3) is 0 Å². The minimum atomic E-state index is -0.0992. The number of ether oxygens (including phenoxy) is 2. The maximum atomic E-state index is 12.6. The second-order valence-electron chi connectivity index (χ2n) is 6.23. The third-order valence-corrected chi connectivity index (χ3v) is 4.36. The summed E-state index contributed by atoms with van der Waals surface area (Å²) in [5.41, 5.74) is 3.73. The average Bonchev–Trinajstić information content (AvgIpc) is 2.98. The van der Waals surface area contributed by atoms with Gasteiger partial charge in [-0.25, -0.2) is 0 Å². The third kappa shape index (κ3) is 3.24. The molecule has 0 saturated carbocycles. The minimum Gasteiger partial charge on any atom is -0.489 e. The van der Waals surface area contributed by atoms with Gasteiger partial charge in [0.15, 0.2) is 5.76 Å². The Balaban J connectivity index is 1.54. The summed E-state index contributed by atoms with van der Waals surface area (Å²) < 4.78 is 11.6. The molecule has 0 N–H and O–H groups in total. The smallest absolute Gasteiger partial charge is 0.231 e. The van der Waals surface area contributed by atoms with Crippen molar-refractivity contribution >= 4 is 11.9 Å². The van der Waals surface area contributed by atoms with Crippen molar-refractivity contribution in [2.24, 2.45) is 0 Å². The topological polar surface area (TPSA) is 35.5 Å². The summed E-state index contributed by atoms with van der Waals surface area (Å²) in [6.07, 6.45) is 1.79. The fourth-order valence-electron chi connectivity index (χ4n) is 2.89. The lowest BCUT2D eigenvalue weighted by atomic mass is 10.1. The van der Waals surface area contributed by atoms with Gasteiger partial charge < -0.3 is 9.47 Å². The predicted molar refractivity (Wildman–Crippen MR) is 101 cm³/mol. The van der Waals surface area contributed by atoms with Crippen molar-refractivity contribution in [2.75, 3.05) is 0 Å². The zero-order valence-corrected chi connectivity index (χ0v) is 14.4. The predicted octanol–water partition coefficient (Wildman–Crippen LogP) is 5.19. The van der Waals surface area contributed by atoms with Crippen LogP contribution in [0.2, 0.25) is 0 Å². The fraction of sp³-hybridized carbons (Fsp3) is 0.0870. The van der Waals surface area contributed by atoms with E-state index in [4.69, 9.17) is 9.47 Å². The largest absolute Gasteiger partial charge is 0.489 e. The van der Waals surface area contributed by atoms with Crippen LogP contribution in [-0.2, 0) is 6.61 Å². The van der Waals surface area contributed by atoms with E-state index < -0.39 is 0 Å². The zero-order chi connectivity index (χ0) is 17.9. The van der Waals surface area contributed by atoms with Gasteiger partial charge in [-0.1, -0.05) is 54.6 Å². The normalized spacial score (nSPS) is 14.2. The first-order chi connectivity index (χ1) is 12.7. The number of allylic oxidation sites excluding steroid dienone is 1. The highest BCUT2D eigenvalue weighted by molar-refractivity contribution is 6.14. The van der Waals surface area contributed by atoms with Gasteiger partial charge in [-0.3, -0.25) is 4.79 Å². The highest BCUT2D eigenvalue weighted by Gasteiger charge is 2.27. The summed E-state index contributed by atoms with van der Waals surface area (Å²) >= 11 is 0. The summed E-state index contributed by atoms with van der Waals surface area (Å²) in [6.45, 7) is 2.48. The van der Waals surface area contributed by atoms with E-state index >= 15 is 0 Å². The summed E-state index contributed by atoms with van der Waals surface area (Å²) in [5.74, 6) is 1.46. The van der Waals surface area contributed by atoms with E-state index in [-0.39, 0.29) is 5.78 Å². The summed E-state index contributed by atoms with van der Waals surface area (Å²) in [7, 11) is 0. The molecular formula is C23H18O3. The molecule has 0 bridgehead atoms. The first-order valence-corrected chi connectivity index (χ1v) is 8.51. The molecule has 0 amide bonds. The molecule has 0 atom stereocenters. The molecule has 4 rings (SSSR count). The van der Waals surface area contributed by atoms with Crippen LogP contribution >= 0.6 is 0 Å². The number of Topliss-reactive ketones (excluding diaryl/α,β-unsaturated/α-hetero) is 1. The van der Waals surface area contributed by atoms with Crippen LogP contribution in [-0.4, -0.2) is 5.78 Å². The van der Waals surface area contributed by atoms with Crippen LogP contribution in [0.5, 0.6) is 11.5 Å². The Morgan fingerprint density at radius 1 is 0.962 bits per heavy atom. The Labute approximate surface area is 152 Å². The number of hydrogen-bond acceptors (Lipinski definition) is 3. The fourth-order valence-corrected chi connectivity index (χ4v) is 2.89. The number of rotatable bonds is 4. The molecule has 0 aliphatic carbocycles. The lowest BCUT2D eigenvalue weighted by molar-refractivity contribution is 0.101. The number of ketones is 1. The molecule has 0 fully saturated rings. The van der Waals surface area contributed by atoms with Crippen molar-refractivity contribution in [1.29, 1.82) is 0 Å². The molecule has 0 radical (unpaired) electrons. The van der Waals surface area contributed by atoms with Crippen molar-refractivity contribution in [3.05, 3.63) is 101 Å². The average molecular weight is 342 g/mol. The van der Waals surface area contributed by atoms with Crippen molar-refractivity contribution in [3.8, 4) is 11.5 Å². The van der Waals surface area contributed by atoms with Gasteiger partial charge >= 0.3 is 0 Å². The molecule has 26 heavy (non-hydrogen) atoms. The molecule has 0 spiro atoms. The van der Waals surface area contributed by atoms with Gasteiger partial charge in [-0.2, -0.15) is 0 Å². The number of carbonyl (C=O) groups excluding carboxylic acids is 1. The molecule has 1 aliphatic rings. The monoisotopic (exact) mass is 342 g/mol. The van der Waals surface area contributed by atoms with Crippen LogP contribution < -0.4 is 9.47 Å². The Hall–Kier alpha value is -3.33. The number of hydrogen-bond donors (Lipinski definition) is 0. The van der Waals surface area contributed by atoms with E-state index in [2.05, 4.69) is 0 Å². The Bertz CT molecular complexity index is 987. The van der Waals surface area contributed by atoms with Crippen molar-refractivity contribution in [1.82, 2.24) is 0 Å². The molecule has 0 aromatic heterocycles. The second-order valence-corrected chi connectivity index (χ2v) is 6.23. The van der Waals surface area contributed by atoms with Crippen molar-refractivity contribution in [2.45, 2.75) is 13.5 Å². The van der Waals surface area contributed by atoms with Crippen LogP contribution in [0.3, 0.4) is 0 Å². The molecule has 1 aliphatic heterocycles. The van der Waals surface area contributed by atoms with E-state index in [0.717, 1.165) is 16.7 Å². The van der Waals surface area contributed by atoms with Gasteiger partial charge in [0.1, 0.15) is 18.1 Å². The zero-order valence-electron chi connectivity index (χ0n) is 14.4. The molecule has 3 aromatic carbocycles. The molecule has 128 valence electrons. The molecular weight excluding hydrogens is 324 g/mol. The Kier molecular flexibility index (Phi) is 4.28. The molecule has 3 aromatic rings. The minimum absolute atomic E-state index is 0.0992. The van der Waals surface area contributed by atoms with E-state index in [1.165, 1.54) is 0 Å². The van der Waals surface area contributed by atoms with Crippen molar-refractivity contribution < 1.29 is 14.3 Å². The van der Waals surface area contributed by atoms with E-state index in [1.54, 1.807) is 24.3 Å². The maximum Gasteiger partial charge on any atom is 0.231 e. The molecule has 3 heteroatoms. The van der Waals surface area contributed by atoms with Crippen LogP contribution in [0.4, 0.5) is 0 Å². The first-order valence-electron chi connectivity index (χ1n) is 8.51. The second kappa shape index (κ2) is 6.89. The number of fused-ring (bicyclic) bond motifs is 1. The summed E-state index contributed by atoms with van der Waals surface area (Å²) in [6, 6.07) is 23.2. The van der Waals surface area contributed by atoms with Crippen molar-refractivity contribution in [3.63, 3.8) is 0 Å². The van der Waals surface area contributed by atoms with Gasteiger partial charge in [0.05, 0.1) is 5.56 Å². The molecule has 0 unspecified atom stereocenters. The lowest BCUT2D eigenvalue weighted by Gasteiger charge is -2.07. The van der Waals surface area contributed by atoms with Crippen LogP contribution in [0.15, 0.2) is 78.6 Å². The van der Waals surface area contributed by atoms with E-state index in [1.807, 2.05) is 61.5 Å². The highest BCUT2D eigenvalue weighted by atomic mass is 16.5. The maximum absolute atomic E-state index is 12.6. The van der Waals surface area contributed by atoms with Gasteiger partial charge in [0, 0.05) is 6.07 Å². The van der Waals surface area contributed by atoms with E-state index in [0.29, 0.717) is 29.4 Å². The standard InChI is InChI=1S/C23H18O3/c1-16-7-5-6-10-18(16)13-22-23(24)20-12-11-19(14-21(20)26-22)25-15-17-8-3-2-4-9-17/h2-14H,15H2,1H3. The number of benzene rings is 3. The molecule has 0 saturated heterocycles.